The van der Waals surface area contributed by atoms with E-state index in [0.717, 1.165) is 22.6 Å². The molecule has 2 N–H and O–H groups in total. The van der Waals surface area contributed by atoms with Crippen LogP contribution in [0.25, 0.3) is 0 Å². The number of rotatable bonds is 10. The predicted octanol–water partition coefficient (Wildman–Crippen LogP) is 4.20. The monoisotopic (exact) mass is 481 g/mol. The summed E-state index contributed by atoms with van der Waals surface area (Å²) in [7, 11) is 0. The Morgan fingerprint density at radius 1 is 1.06 bits per heavy atom. The van der Waals surface area contributed by atoms with Gasteiger partial charge in [0.2, 0.25) is 0 Å². The zero-order valence-corrected chi connectivity index (χ0v) is 20.1. The van der Waals surface area contributed by atoms with Gasteiger partial charge in [0.1, 0.15) is 5.76 Å². The lowest BCUT2D eigenvalue weighted by molar-refractivity contribution is -0.144. The minimum atomic E-state index is -0.527. The highest BCUT2D eigenvalue weighted by molar-refractivity contribution is 7.99. The SMILES string of the molecule is Cc1noc(C)c1CSCC(=O)OCC(=O)Nc1ccccc1C(=O)N[C@@H](C)c1ccccc1. The molecule has 3 aromatic rings. The fourth-order valence-electron chi connectivity index (χ4n) is 3.21. The van der Waals surface area contributed by atoms with E-state index >= 15 is 0 Å². The summed E-state index contributed by atoms with van der Waals surface area (Å²) in [4.78, 5) is 37.1. The number of aromatic nitrogens is 1. The van der Waals surface area contributed by atoms with Gasteiger partial charge in [-0.1, -0.05) is 47.6 Å². The van der Waals surface area contributed by atoms with Crippen molar-refractivity contribution in [3.63, 3.8) is 0 Å². The summed E-state index contributed by atoms with van der Waals surface area (Å²) in [5.74, 6) is 0.0219. The molecule has 0 spiro atoms. The van der Waals surface area contributed by atoms with E-state index in [4.69, 9.17) is 9.26 Å². The van der Waals surface area contributed by atoms with Crippen molar-refractivity contribution in [1.82, 2.24) is 10.5 Å². The van der Waals surface area contributed by atoms with Crippen molar-refractivity contribution in [2.24, 2.45) is 0 Å². The molecule has 1 heterocycles. The fourth-order valence-corrected chi connectivity index (χ4v) is 4.18. The third-order valence-electron chi connectivity index (χ3n) is 5.10. The maximum Gasteiger partial charge on any atom is 0.316 e. The van der Waals surface area contributed by atoms with Crippen molar-refractivity contribution < 1.29 is 23.6 Å². The quantitative estimate of drug-likeness (QED) is 0.418. The summed E-state index contributed by atoms with van der Waals surface area (Å²) in [5.41, 5.74) is 3.37. The number of carbonyl (C=O) groups excluding carboxylic acids is 3. The summed E-state index contributed by atoms with van der Waals surface area (Å²) >= 11 is 1.35. The second-order valence-corrected chi connectivity index (χ2v) is 8.64. The van der Waals surface area contributed by atoms with Gasteiger partial charge in [-0.2, -0.15) is 0 Å². The highest BCUT2D eigenvalue weighted by atomic mass is 32.2. The van der Waals surface area contributed by atoms with Crippen LogP contribution in [0.1, 0.15) is 45.9 Å². The molecule has 0 fully saturated rings. The first-order valence-electron chi connectivity index (χ1n) is 10.7. The first kappa shape index (κ1) is 25.0. The van der Waals surface area contributed by atoms with Crippen molar-refractivity contribution in [2.75, 3.05) is 17.7 Å². The maximum absolute atomic E-state index is 12.8. The number of thioether (sulfide) groups is 1. The molecular weight excluding hydrogens is 454 g/mol. The number of aryl methyl sites for hydroxylation is 2. The molecule has 0 aliphatic carbocycles. The second-order valence-electron chi connectivity index (χ2n) is 7.66. The zero-order valence-electron chi connectivity index (χ0n) is 19.3. The minimum absolute atomic E-state index is 0.0910. The number of nitrogens with zero attached hydrogens (tertiary/aromatic N) is 1. The van der Waals surface area contributed by atoms with Gasteiger partial charge in [-0.15, -0.1) is 11.8 Å². The lowest BCUT2D eigenvalue weighted by Gasteiger charge is -2.16. The number of ether oxygens (including phenoxy) is 1. The van der Waals surface area contributed by atoms with Crippen LogP contribution in [0.15, 0.2) is 59.1 Å². The molecule has 0 unspecified atom stereocenters. The summed E-state index contributed by atoms with van der Waals surface area (Å²) in [6.07, 6.45) is 0. The van der Waals surface area contributed by atoms with Crippen LogP contribution in [0.3, 0.4) is 0 Å². The predicted molar refractivity (Wildman–Crippen MR) is 130 cm³/mol. The molecule has 0 aliphatic heterocycles. The molecule has 0 saturated carbocycles. The maximum atomic E-state index is 12.8. The standard InChI is InChI=1S/C25H27N3O5S/c1-16(19-9-5-4-6-10-19)26-25(31)20-11-7-8-12-22(20)27-23(29)13-32-24(30)15-34-14-21-17(2)28-33-18(21)3/h4-12,16H,13-15H2,1-3H3,(H,26,31)(H,27,29)/t16-/m0/s1. The average Bonchev–Trinajstić information content (AvgIpc) is 3.15. The van der Waals surface area contributed by atoms with Gasteiger partial charge < -0.3 is 19.9 Å². The van der Waals surface area contributed by atoms with Gasteiger partial charge in [-0.05, 0) is 38.5 Å². The number of esters is 1. The number of carbonyl (C=O) groups is 3. The molecule has 8 nitrogen and oxygen atoms in total. The van der Waals surface area contributed by atoms with E-state index in [2.05, 4.69) is 15.8 Å². The van der Waals surface area contributed by atoms with Gasteiger partial charge in [0.25, 0.3) is 11.8 Å². The number of anilines is 1. The average molecular weight is 482 g/mol. The number of nitrogens with one attached hydrogen (secondary N) is 2. The Bertz CT molecular complexity index is 1130. The van der Waals surface area contributed by atoms with E-state index in [9.17, 15) is 14.4 Å². The molecule has 1 aromatic heterocycles. The molecule has 0 radical (unpaired) electrons. The highest BCUT2D eigenvalue weighted by Crippen LogP contribution is 2.20. The van der Waals surface area contributed by atoms with E-state index in [1.54, 1.807) is 24.3 Å². The van der Waals surface area contributed by atoms with E-state index in [0.29, 0.717) is 17.0 Å². The molecule has 9 heteroatoms. The number of para-hydroxylation sites is 1. The molecule has 0 saturated heterocycles. The topological polar surface area (TPSA) is 111 Å². The van der Waals surface area contributed by atoms with Crippen molar-refractivity contribution in [3.05, 3.63) is 82.7 Å². The Morgan fingerprint density at radius 2 is 1.76 bits per heavy atom. The van der Waals surface area contributed by atoms with Crippen LogP contribution in [-0.4, -0.2) is 35.3 Å². The Balaban J connectivity index is 1.48. The largest absolute Gasteiger partial charge is 0.455 e. The van der Waals surface area contributed by atoms with Crippen LogP contribution in [0.4, 0.5) is 5.69 Å². The van der Waals surface area contributed by atoms with Crippen LogP contribution in [0.2, 0.25) is 0 Å². The van der Waals surface area contributed by atoms with Crippen molar-refractivity contribution in [1.29, 1.82) is 0 Å². The molecule has 2 amide bonds. The molecular formula is C25H27N3O5S. The lowest BCUT2D eigenvalue weighted by Crippen LogP contribution is -2.28. The molecule has 178 valence electrons. The van der Waals surface area contributed by atoms with Gasteiger partial charge in [0, 0.05) is 11.3 Å². The van der Waals surface area contributed by atoms with E-state index in [1.807, 2.05) is 51.1 Å². The van der Waals surface area contributed by atoms with E-state index in [-0.39, 0.29) is 17.7 Å². The normalized spacial score (nSPS) is 11.5. The minimum Gasteiger partial charge on any atom is -0.455 e. The van der Waals surface area contributed by atoms with Crippen molar-refractivity contribution in [3.8, 4) is 0 Å². The molecule has 0 bridgehead atoms. The summed E-state index contributed by atoms with van der Waals surface area (Å²) < 4.78 is 10.2. The Morgan fingerprint density at radius 3 is 2.47 bits per heavy atom. The van der Waals surface area contributed by atoms with Gasteiger partial charge >= 0.3 is 5.97 Å². The number of amides is 2. The van der Waals surface area contributed by atoms with E-state index in [1.165, 1.54) is 11.8 Å². The molecule has 2 aromatic carbocycles. The van der Waals surface area contributed by atoms with Crippen LogP contribution in [0, 0.1) is 13.8 Å². The van der Waals surface area contributed by atoms with Crippen LogP contribution >= 0.6 is 11.8 Å². The van der Waals surface area contributed by atoms with E-state index < -0.39 is 18.5 Å². The first-order chi connectivity index (χ1) is 16.3. The molecule has 0 aliphatic rings. The Labute approximate surface area is 202 Å². The first-order valence-corrected chi connectivity index (χ1v) is 11.9. The Hall–Kier alpha value is -3.59. The van der Waals surface area contributed by atoms with Crippen LogP contribution in [-0.2, 0) is 20.1 Å². The number of benzene rings is 2. The van der Waals surface area contributed by atoms with Gasteiger partial charge in [0.15, 0.2) is 6.61 Å². The molecule has 1 atom stereocenters. The summed E-state index contributed by atoms with van der Waals surface area (Å²) in [6.45, 7) is 5.10. The number of hydrogen-bond acceptors (Lipinski definition) is 7. The second kappa shape index (κ2) is 12.0. The van der Waals surface area contributed by atoms with Gasteiger partial charge in [-0.25, -0.2) is 0 Å². The van der Waals surface area contributed by atoms with Crippen LogP contribution < -0.4 is 10.6 Å². The summed E-state index contributed by atoms with van der Waals surface area (Å²) in [6, 6.07) is 16.1. The van der Waals surface area contributed by atoms with Gasteiger partial charge in [0.05, 0.1) is 28.7 Å². The van der Waals surface area contributed by atoms with Crippen molar-refractivity contribution in [2.45, 2.75) is 32.6 Å². The van der Waals surface area contributed by atoms with Gasteiger partial charge in [-0.3, -0.25) is 14.4 Å². The number of hydrogen-bond donors (Lipinski definition) is 2. The third kappa shape index (κ3) is 6.95. The molecule has 3 rings (SSSR count). The summed E-state index contributed by atoms with van der Waals surface area (Å²) in [5, 5.41) is 9.46. The molecule has 34 heavy (non-hydrogen) atoms. The van der Waals surface area contributed by atoms with Crippen molar-refractivity contribution >= 4 is 35.2 Å². The smallest absolute Gasteiger partial charge is 0.316 e. The fraction of sp³-hybridized carbons (Fsp3) is 0.280. The highest BCUT2D eigenvalue weighted by Gasteiger charge is 2.17. The third-order valence-corrected chi connectivity index (χ3v) is 6.04. The lowest BCUT2D eigenvalue weighted by atomic mass is 10.1. The Kier molecular flexibility index (Phi) is 8.86. The zero-order chi connectivity index (χ0) is 24.5. The van der Waals surface area contributed by atoms with Crippen LogP contribution in [0.5, 0.6) is 0 Å².